The molecular weight excluding hydrogens is 227 g/mol. The van der Waals surface area contributed by atoms with Crippen LogP contribution in [-0.2, 0) is 11.2 Å². The van der Waals surface area contributed by atoms with Crippen molar-refractivity contribution in [2.75, 3.05) is 0 Å². The number of thiophene rings is 1. The van der Waals surface area contributed by atoms with Crippen molar-refractivity contribution < 1.29 is 24.6 Å². The fourth-order valence-corrected chi connectivity index (χ4v) is 2.75. The summed E-state index contributed by atoms with van der Waals surface area (Å²) in [5.41, 5.74) is 0. The Kier molecular flexibility index (Phi) is 3.58. The molecule has 14 heavy (non-hydrogen) atoms. The maximum Gasteiger partial charge on any atom is 0.451 e. The molecule has 1 aromatic heterocycles. The van der Waals surface area contributed by atoms with Gasteiger partial charge in [0.25, 0.3) is 0 Å². The van der Waals surface area contributed by atoms with Gasteiger partial charge in [0.2, 0.25) is 4.62 Å². The second-order valence-corrected chi connectivity index (χ2v) is 5.79. The van der Waals surface area contributed by atoms with Crippen LogP contribution in [0.15, 0.2) is 12.1 Å². The van der Waals surface area contributed by atoms with E-state index in [0.29, 0.717) is 11.3 Å². The normalized spacial score (nSPS) is 11.6. The molecule has 0 bridgehead atoms. The SMILES string of the molecule is O=C(O)CCc1ccc([P+](O)(O)O)s1. The highest BCUT2D eigenvalue weighted by Crippen LogP contribution is 2.45. The van der Waals surface area contributed by atoms with Crippen molar-refractivity contribution >= 4 is 29.9 Å². The molecule has 0 aliphatic heterocycles. The lowest BCUT2D eigenvalue weighted by Gasteiger charge is -1.97. The topological polar surface area (TPSA) is 98.0 Å². The van der Waals surface area contributed by atoms with Crippen molar-refractivity contribution in [2.45, 2.75) is 12.8 Å². The van der Waals surface area contributed by atoms with Gasteiger partial charge in [-0.15, -0.1) is 0 Å². The molecule has 0 unspecified atom stereocenters. The predicted octanol–water partition coefficient (Wildman–Crippen LogP) is 0.130. The summed E-state index contributed by atoms with van der Waals surface area (Å²) in [6.45, 7) is 0. The van der Waals surface area contributed by atoms with E-state index in [1.54, 1.807) is 6.07 Å². The van der Waals surface area contributed by atoms with Crippen LogP contribution in [0.5, 0.6) is 0 Å². The van der Waals surface area contributed by atoms with Gasteiger partial charge < -0.3 is 5.11 Å². The lowest BCUT2D eigenvalue weighted by molar-refractivity contribution is -0.136. The molecule has 0 aliphatic carbocycles. The highest BCUT2D eigenvalue weighted by Gasteiger charge is 2.35. The molecule has 1 rings (SSSR count). The Bertz CT molecular complexity index is 329. The largest absolute Gasteiger partial charge is 0.481 e. The number of rotatable bonds is 4. The summed E-state index contributed by atoms with van der Waals surface area (Å²) >= 11 is 1.02. The number of hydrogen-bond donors (Lipinski definition) is 4. The highest BCUT2D eigenvalue weighted by molar-refractivity contribution is 7.72. The van der Waals surface area contributed by atoms with Crippen LogP contribution in [0, 0.1) is 0 Å². The lowest BCUT2D eigenvalue weighted by atomic mass is 10.3. The summed E-state index contributed by atoms with van der Waals surface area (Å²) in [6.07, 6.45) is 0.327. The molecule has 0 aromatic carbocycles. The van der Waals surface area contributed by atoms with Crippen LogP contribution in [0.4, 0.5) is 0 Å². The van der Waals surface area contributed by atoms with Crippen molar-refractivity contribution in [2.24, 2.45) is 0 Å². The number of aliphatic carboxylic acids is 1. The first kappa shape index (κ1) is 11.6. The first-order valence-electron chi connectivity index (χ1n) is 3.78. The number of carboxylic acid groups (broad SMARTS) is 1. The van der Waals surface area contributed by atoms with Gasteiger partial charge in [0.15, 0.2) is 0 Å². The fourth-order valence-electron chi connectivity index (χ4n) is 0.892. The molecule has 0 aliphatic rings. The van der Waals surface area contributed by atoms with Gasteiger partial charge in [0.1, 0.15) is 0 Å². The molecule has 5 nitrogen and oxygen atoms in total. The predicted molar refractivity (Wildman–Crippen MR) is 53.5 cm³/mol. The van der Waals surface area contributed by atoms with Gasteiger partial charge in [0, 0.05) is 10.9 Å². The molecule has 7 heteroatoms. The monoisotopic (exact) mass is 237 g/mol. The molecular formula is C7H10O5PS+. The van der Waals surface area contributed by atoms with Crippen LogP contribution in [0.3, 0.4) is 0 Å². The molecule has 1 heterocycles. The number of carboxylic acids is 1. The molecule has 0 saturated carbocycles. The van der Waals surface area contributed by atoms with Gasteiger partial charge in [-0.25, -0.2) is 0 Å². The minimum Gasteiger partial charge on any atom is -0.481 e. The van der Waals surface area contributed by atoms with Gasteiger partial charge in [-0.1, -0.05) is 11.3 Å². The Balaban J connectivity index is 2.64. The van der Waals surface area contributed by atoms with E-state index < -0.39 is 13.9 Å². The smallest absolute Gasteiger partial charge is 0.451 e. The Labute approximate surface area is 84.8 Å². The maximum atomic E-state index is 10.2. The summed E-state index contributed by atoms with van der Waals surface area (Å²) in [6, 6.07) is 2.98. The minimum atomic E-state index is -3.92. The van der Waals surface area contributed by atoms with E-state index >= 15 is 0 Å². The summed E-state index contributed by atoms with van der Waals surface area (Å²) < 4.78 is 0.0953. The zero-order valence-corrected chi connectivity index (χ0v) is 8.83. The van der Waals surface area contributed by atoms with E-state index in [9.17, 15) is 4.79 Å². The van der Waals surface area contributed by atoms with Gasteiger partial charge in [-0.05, 0) is 12.5 Å². The zero-order chi connectivity index (χ0) is 10.8. The number of aryl methyl sites for hydroxylation is 1. The van der Waals surface area contributed by atoms with Crippen molar-refractivity contribution in [3.63, 3.8) is 0 Å². The molecule has 0 amide bonds. The van der Waals surface area contributed by atoms with E-state index in [4.69, 9.17) is 19.8 Å². The molecule has 4 N–H and O–H groups in total. The van der Waals surface area contributed by atoms with E-state index in [1.807, 2.05) is 0 Å². The van der Waals surface area contributed by atoms with Crippen LogP contribution < -0.4 is 4.62 Å². The summed E-state index contributed by atoms with van der Waals surface area (Å²) in [7, 11) is -3.92. The van der Waals surface area contributed by atoms with Crippen molar-refractivity contribution in [3.05, 3.63) is 17.0 Å². The zero-order valence-electron chi connectivity index (χ0n) is 7.12. The first-order chi connectivity index (χ1) is 6.39. The number of carbonyl (C=O) groups is 1. The lowest BCUT2D eigenvalue weighted by Crippen LogP contribution is -2.03. The molecule has 0 atom stereocenters. The van der Waals surface area contributed by atoms with E-state index in [-0.39, 0.29) is 11.0 Å². The molecule has 0 radical (unpaired) electrons. The molecule has 78 valence electrons. The van der Waals surface area contributed by atoms with Gasteiger partial charge in [-0.3, -0.25) is 4.79 Å². The van der Waals surface area contributed by atoms with Crippen molar-refractivity contribution in [1.29, 1.82) is 0 Å². The second kappa shape index (κ2) is 4.33. The van der Waals surface area contributed by atoms with E-state index in [1.165, 1.54) is 6.07 Å². The second-order valence-electron chi connectivity index (χ2n) is 2.70. The van der Waals surface area contributed by atoms with Crippen LogP contribution in [0.1, 0.15) is 11.3 Å². The summed E-state index contributed by atoms with van der Waals surface area (Å²) in [5, 5.41) is 8.40. The van der Waals surface area contributed by atoms with Crippen molar-refractivity contribution in [1.82, 2.24) is 0 Å². The van der Waals surface area contributed by atoms with E-state index in [2.05, 4.69) is 0 Å². The Morgan fingerprint density at radius 2 is 2.00 bits per heavy atom. The van der Waals surface area contributed by atoms with Gasteiger partial charge >= 0.3 is 13.9 Å². The van der Waals surface area contributed by atoms with Crippen LogP contribution >= 0.6 is 19.3 Å². The van der Waals surface area contributed by atoms with Crippen LogP contribution in [0.2, 0.25) is 0 Å². The summed E-state index contributed by atoms with van der Waals surface area (Å²) in [4.78, 5) is 37.6. The molecule has 1 aromatic rings. The highest BCUT2D eigenvalue weighted by atomic mass is 32.1. The quantitative estimate of drug-likeness (QED) is 0.558. The van der Waals surface area contributed by atoms with E-state index in [0.717, 1.165) is 11.3 Å². The fraction of sp³-hybridized carbons (Fsp3) is 0.286. The first-order valence-corrected chi connectivity index (χ1v) is 6.24. The Morgan fingerprint density at radius 3 is 2.43 bits per heavy atom. The molecule has 0 fully saturated rings. The van der Waals surface area contributed by atoms with Crippen LogP contribution in [0.25, 0.3) is 0 Å². The maximum absolute atomic E-state index is 10.2. The van der Waals surface area contributed by atoms with Gasteiger partial charge in [0.05, 0.1) is 6.42 Å². The molecule has 0 saturated heterocycles. The third-order valence-corrected chi connectivity index (χ3v) is 4.23. The van der Waals surface area contributed by atoms with Crippen molar-refractivity contribution in [3.8, 4) is 0 Å². The Hall–Kier alpha value is -0.520. The minimum absolute atomic E-state index is 0.00627. The average molecular weight is 237 g/mol. The average Bonchev–Trinajstić information content (AvgIpc) is 2.47. The summed E-state index contributed by atoms with van der Waals surface area (Å²) in [5.74, 6) is -0.905. The number of hydrogen-bond acceptors (Lipinski definition) is 5. The third kappa shape index (κ3) is 3.32. The van der Waals surface area contributed by atoms with Crippen LogP contribution in [-0.4, -0.2) is 25.8 Å². The third-order valence-electron chi connectivity index (χ3n) is 1.53. The molecule has 0 spiro atoms. The Morgan fingerprint density at radius 1 is 1.36 bits per heavy atom. The standard InChI is InChI=1S/C7H9O5PS/c8-6(9)3-1-5-2-4-7(14-5)13(10,11)12/h2,4,10-12H,1,3H2/p+1. The van der Waals surface area contributed by atoms with Gasteiger partial charge in [-0.2, -0.15) is 14.7 Å².